The van der Waals surface area contributed by atoms with Gasteiger partial charge < -0.3 is 29.9 Å². The number of hydrogen-bond acceptors (Lipinski definition) is 5. The molecule has 0 aliphatic carbocycles. The van der Waals surface area contributed by atoms with Crippen LogP contribution in [0.1, 0.15) is 25.8 Å². The maximum Gasteiger partial charge on any atom is 0.191 e. The summed E-state index contributed by atoms with van der Waals surface area (Å²) in [6.07, 6.45) is 0.878. The number of guanidine groups is 1. The summed E-state index contributed by atoms with van der Waals surface area (Å²) in [7, 11) is 1.66. The van der Waals surface area contributed by atoms with Crippen LogP contribution in [0.4, 0.5) is 10.1 Å². The van der Waals surface area contributed by atoms with Crippen molar-refractivity contribution in [3.8, 4) is 0 Å². The van der Waals surface area contributed by atoms with Gasteiger partial charge in [-0.3, -0.25) is 0 Å². The molecule has 1 aliphatic heterocycles. The molecule has 0 unspecified atom stereocenters. The van der Waals surface area contributed by atoms with E-state index in [9.17, 15) is 4.39 Å². The number of ether oxygens (including phenoxy) is 2. The second kappa shape index (κ2) is 16.5. The minimum absolute atomic E-state index is 0. The summed E-state index contributed by atoms with van der Waals surface area (Å²) in [6.45, 7) is 12.8. The van der Waals surface area contributed by atoms with Crippen molar-refractivity contribution in [1.29, 1.82) is 0 Å². The van der Waals surface area contributed by atoms with E-state index in [1.54, 1.807) is 13.2 Å². The van der Waals surface area contributed by atoms with E-state index in [4.69, 9.17) is 9.47 Å². The molecule has 0 amide bonds. The van der Waals surface area contributed by atoms with Gasteiger partial charge in [0.05, 0.1) is 25.4 Å². The van der Waals surface area contributed by atoms with E-state index in [1.165, 1.54) is 0 Å². The summed E-state index contributed by atoms with van der Waals surface area (Å²) in [5.41, 5.74) is 1.56. The molecule has 1 fully saturated rings. The van der Waals surface area contributed by atoms with Crippen LogP contribution in [0.15, 0.2) is 23.2 Å². The van der Waals surface area contributed by atoms with Gasteiger partial charge in [0.25, 0.3) is 0 Å². The Bertz CT molecular complexity index is 642. The number of methoxy groups -OCH3 is 1. The van der Waals surface area contributed by atoms with Gasteiger partial charge in [0.15, 0.2) is 5.96 Å². The Hall–Kier alpha value is -1.17. The van der Waals surface area contributed by atoms with E-state index in [1.807, 2.05) is 19.1 Å². The SMILES string of the molecule is CCNC(=NCc1ccc(N2CCN(CC)CC2)c(F)c1)NCCCOCCOC.I. The molecule has 1 saturated heterocycles. The molecule has 1 aromatic rings. The van der Waals surface area contributed by atoms with Gasteiger partial charge in [0.1, 0.15) is 5.82 Å². The molecule has 1 aliphatic rings. The van der Waals surface area contributed by atoms with Crippen LogP contribution in [0.5, 0.6) is 0 Å². The van der Waals surface area contributed by atoms with Crippen LogP contribution in [0.3, 0.4) is 0 Å². The van der Waals surface area contributed by atoms with E-state index in [2.05, 4.69) is 32.3 Å². The predicted octanol–water partition coefficient (Wildman–Crippen LogP) is 2.69. The second-order valence-corrected chi connectivity index (χ2v) is 7.29. The first-order valence-electron chi connectivity index (χ1n) is 11.0. The Labute approximate surface area is 203 Å². The first kappa shape index (κ1) is 27.9. The highest BCUT2D eigenvalue weighted by Gasteiger charge is 2.18. The van der Waals surface area contributed by atoms with Crippen molar-refractivity contribution in [2.24, 2.45) is 4.99 Å². The Kier molecular flexibility index (Phi) is 14.8. The summed E-state index contributed by atoms with van der Waals surface area (Å²) < 4.78 is 25.1. The Morgan fingerprint density at radius 1 is 1.10 bits per heavy atom. The number of aliphatic imine (C=N–C) groups is 1. The number of halogens is 2. The van der Waals surface area contributed by atoms with Crippen LogP contribution in [0.2, 0.25) is 0 Å². The number of hydrogen-bond donors (Lipinski definition) is 2. The van der Waals surface area contributed by atoms with Gasteiger partial charge in [-0.15, -0.1) is 24.0 Å². The van der Waals surface area contributed by atoms with Gasteiger partial charge in [-0.1, -0.05) is 13.0 Å². The second-order valence-electron chi connectivity index (χ2n) is 7.29. The van der Waals surface area contributed by atoms with Crippen LogP contribution in [0.25, 0.3) is 0 Å². The maximum absolute atomic E-state index is 14.7. The molecule has 178 valence electrons. The average molecular weight is 551 g/mol. The molecule has 0 aromatic heterocycles. The third-order valence-electron chi connectivity index (χ3n) is 5.13. The maximum atomic E-state index is 14.7. The highest BCUT2D eigenvalue weighted by atomic mass is 127. The first-order chi connectivity index (χ1) is 14.7. The van der Waals surface area contributed by atoms with Crippen LogP contribution in [0, 0.1) is 5.82 Å². The zero-order valence-corrected chi connectivity index (χ0v) is 21.5. The molecule has 9 heteroatoms. The molecule has 1 aromatic carbocycles. The number of piperazine rings is 1. The molecule has 0 saturated carbocycles. The van der Waals surface area contributed by atoms with Gasteiger partial charge in [-0.2, -0.15) is 0 Å². The average Bonchev–Trinajstić information content (AvgIpc) is 2.77. The van der Waals surface area contributed by atoms with Crippen molar-refractivity contribution in [2.75, 3.05) is 77.6 Å². The fourth-order valence-electron chi connectivity index (χ4n) is 3.35. The van der Waals surface area contributed by atoms with Crippen LogP contribution >= 0.6 is 24.0 Å². The van der Waals surface area contributed by atoms with Crippen molar-refractivity contribution in [3.05, 3.63) is 29.6 Å². The standard InChI is InChI=1S/C22H38FN5O2.HI/c1-4-24-22(25-9-6-14-30-16-15-29-3)26-18-19-7-8-21(20(23)17-19)28-12-10-27(5-2)11-13-28;/h7-8,17H,4-6,9-16,18H2,1-3H3,(H2,24,25,26);1H. The highest BCUT2D eigenvalue weighted by Crippen LogP contribution is 2.22. The number of likely N-dealkylation sites (N-methyl/N-ethyl adjacent to an activating group) is 1. The Balaban J connectivity index is 0.00000480. The van der Waals surface area contributed by atoms with Gasteiger partial charge in [-0.05, 0) is 37.6 Å². The molecule has 1 heterocycles. The van der Waals surface area contributed by atoms with Crippen LogP contribution in [-0.4, -0.2) is 83.6 Å². The van der Waals surface area contributed by atoms with Gasteiger partial charge >= 0.3 is 0 Å². The summed E-state index contributed by atoms with van der Waals surface area (Å²) in [4.78, 5) is 9.10. The number of nitrogens with zero attached hydrogens (tertiary/aromatic N) is 3. The van der Waals surface area contributed by atoms with E-state index in [-0.39, 0.29) is 29.8 Å². The normalized spacial score (nSPS) is 15.0. The lowest BCUT2D eigenvalue weighted by Crippen LogP contribution is -2.46. The number of nitrogens with one attached hydrogen (secondary N) is 2. The number of anilines is 1. The molecular formula is C22H39FIN5O2. The van der Waals surface area contributed by atoms with E-state index < -0.39 is 0 Å². The van der Waals surface area contributed by atoms with Crippen LogP contribution < -0.4 is 15.5 Å². The molecule has 2 N–H and O–H groups in total. The monoisotopic (exact) mass is 551 g/mol. The Morgan fingerprint density at radius 2 is 1.87 bits per heavy atom. The molecule has 31 heavy (non-hydrogen) atoms. The molecule has 0 radical (unpaired) electrons. The zero-order chi connectivity index (χ0) is 21.6. The molecule has 0 bridgehead atoms. The molecular weight excluding hydrogens is 512 g/mol. The fourth-order valence-corrected chi connectivity index (χ4v) is 3.35. The third kappa shape index (κ3) is 10.3. The molecule has 0 atom stereocenters. The van der Waals surface area contributed by atoms with Crippen molar-refractivity contribution < 1.29 is 13.9 Å². The zero-order valence-electron chi connectivity index (χ0n) is 19.2. The van der Waals surface area contributed by atoms with Gasteiger partial charge in [0, 0.05) is 53.0 Å². The van der Waals surface area contributed by atoms with Crippen molar-refractivity contribution >= 4 is 35.6 Å². The summed E-state index contributed by atoms with van der Waals surface area (Å²) in [5.74, 6) is 0.563. The largest absolute Gasteiger partial charge is 0.382 e. The van der Waals surface area contributed by atoms with Crippen molar-refractivity contribution in [3.63, 3.8) is 0 Å². The lowest BCUT2D eigenvalue weighted by molar-refractivity contribution is 0.0698. The molecule has 0 spiro atoms. The number of rotatable bonds is 12. The lowest BCUT2D eigenvalue weighted by atomic mass is 10.1. The first-order valence-corrected chi connectivity index (χ1v) is 11.0. The van der Waals surface area contributed by atoms with E-state index >= 15 is 0 Å². The highest BCUT2D eigenvalue weighted by molar-refractivity contribution is 14.0. The topological polar surface area (TPSA) is 61.4 Å². The predicted molar refractivity (Wildman–Crippen MR) is 136 cm³/mol. The van der Waals surface area contributed by atoms with Crippen molar-refractivity contribution in [2.45, 2.75) is 26.8 Å². The lowest BCUT2D eigenvalue weighted by Gasteiger charge is -2.35. The fraction of sp³-hybridized carbons (Fsp3) is 0.682. The van der Waals surface area contributed by atoms with Crippen molar-refractivity contribution in [1.82, 2.24) is 15.5 Å². The summed E-state index contributed by atoms with van der Waals surface area (Å²) >= 11 is 0. The molecule has 2 rings (SSSR count). The van der Waals surface area contributed by atoms with Gasteiger partial charge in [0.2, 0.25) is 0 Å². The smallest absolute Gasteiger partial charge is 0.191 e. The summed E-state index contributed by atoms with van der Waals surface area (Å²) in [5, 5.41) is 6.51. The summed E-state index contributed by atoms with van der Waals surface area (Å²) in [6, 6.07) is 5.47. The minimum atomic E-state index is -0.168. The minimum Gasteiger partial charge on any atom is -0.382 e. The van der Waals surface area contributed by atoms with Crippen LogP contribution in [-0.2, 0) is 16.0 Å². The quantitative estimate of drug-likeness (QED) is 0.180. The Morgan fingerprint density at radius 3 is 2.52 bits per heavy atom. The van der Waals surface area contributed by atoms with E-state index in [0.717, 1.165) is 63.8 Å². The molecule has 7 nitrogen and oxygen atoms in total. The van der Waals surface area contributed by atoms with Gasteiger partial charge in [-0.25, -0.2) is 9.38 Å². The third-order valence-corrected chi connectivity index (χ3v) is 5.13. The van der Waals surface area contributed by atoms with E-state index in [0.29, 0.717) is 32.1 Å². The number of benzene rings is 1.